The van der Waals surface area contributed by atoms with Crippen LogP contribution < -0.4 is 10.1 Å². The molecule has 2 N–H and O–H groups in total. The molecule has 27 heavy (non-hydrogen) atoms. The zero-order valence-corrected chi connectivity index (χ0v) is 15.3. The summed E-state index contributed by atoms with van der Waals surface area (Å²) in [5.74, 6) is -0.322. The highest BCUT2D eigenvalue weighted by molar-refractivity contribution is 5.96. The molecule has 1 heterocycles. The maximum absolute atomic E-state index is 12.8. The number of benzene rings is 2. The minimum Gasteiger partial charge on any atom is -0.493 e. The lowest BCUT2D eigenvalue weighted by molar-refractivity contribution is -0.141. The molecule has 5 nitrogen and oxygen atoms in total. The average molecular weight is 365 g/mol. The summed E-state index contributed by atoms with van der Waals surface area (Å²) in [5, 5.41) is 12.0. The van der Waals surface area contributed by atoms with E-state index in [1.54, 1.807) is 6.92 Å². The Morgan fingerprint density at radius 2 is 1.96 bits per heavy atom. The van der Waals surface area contributed by atoms with Crippen LogP contribution >= 0.6 is 0 Å². The van der Waals surface area contributed by atoms with Gasteiger partial charge in [-0.1, -0.05) is 37.3 Å². The van der Waals surface area contributed by atoms with Crippen molar-refractivity contribution in [3.63, 3.8) is 0 Å². The molecular formula is C22H23NO4. The molecule has 4 rings (SSSR count). The van der Waals surface area contributed by atoms with E-state index in [2.05, 4.69) is 11.4 Å². The van der Waals surface area contributed by atoms with E-state index >= 15 is 0 Å². The summed E-state index contributed by atoms with van der Waals surface area (Å²) >= 11 is 0. The second-order valence-corrected chi connectivity index (χ2v) is 7.64. The van der Waals surface area contributed by atoms with Crippen LogP contribution in [0.2, 0.25) is 0 Å². The van der Waals surface area contributed by atoms with Gasteiger partial charge in [-0.25, -0.2) is 0 Å². The maximum Gasteiger partial charge on any atom is 0.306 e. The predicted octanol–water partition coefficient (Wildman–Crippen LogP) is 3.63. The van der Waals surface area contributed by atoms with Crippen molar-refractivity contribution < 1.29 is 19.4 Å². The van der Waals surface area contributed by atoms with Crippen LogP contribution in [0.15, 0.2) is 48.5 Å². The molecule has 0 saturated heterocycles. The van der Waals surface area contributed by atoms with E-state index in [1.807, 2.05) is 42.5 Å². The van der Waals surface area contributed by atoms with Crippen LogP contribution in [-0.4, -0.2) is 23.6 Å². The Balaban J connectivity index is 1.42. The van der Waals surface area contributed by atoms with Gasteiger partial charge in [-0.3, -0.25) is 9.59 Å². The van der Waals surface area contributed by atoms with Crippen LogP contribution in [0.4, 0.5) is 5.69 Å². The number of rotatable bonds is 5. The standard InChI is InChI=1S/C22H23NO4/c1-14(21(25)26)12-15-6-8-16(9-7-15)23-20(24)18-13-22(18)10-11-27-19-5-3-2-4-17(19)22/h2-9,14,18H,10-13H2,1H3,(H,23,24)(H,25,26)/t14?,18-,22-/m0/s1. The summed E-state index contributed by atoms with van der Waals surface area (Å²) in [5.41, 5.74) is 2.75. The first-order valence-corrected chi connectivity index (χ1v) is 9.34. The van der Waals surface area contributed by atoms with Crippen LogP contribution in [0.5, 0.6) is 5.75 Å². The summed E-state index contributed by atoms with van der Waals surface area (Å²) in [6.07, 6.45) is 2.20. The molecule has 1 spiro atoms. The van der Waals surface area contributed by atoms with Crippen molar-refractivity contribution in [1.29, 1.82) is 0 Å². The van der Waals surface area contributed by atoms with Gasteiger partial charge in [0, 0.05) is 22.6 Å². The monoisotopic (exact) mass is 365 g/mol. The molecule has 5 heteroatoms. The second-order valence-electron chi connectivity index (χ2n) is 7.64. The largest absolute Gasteiger partial charge is 0.493 e. The summed E-state index contributed by atoms with van der Waals surface area (Å²) < 4.78 is 5.73. The number of carboxylic acids is 1. The fourth-order valence-corrected chi connectivity index (χ4v) is 4.10. The van der Waals surface area contributed by atoms with E-state index in [4.69, 9.17) is 9.84 Å². The fourth-order valence-electron chi connectivity index (χ4n) is 4.10. The second kappa shape index (κ2) is 6.72. The number of carboxylic acid groups (broad SMARTS) is 1. The lowest BCUT2D eigenvalue weighted by Gasteiger charge is -2.26. The summed E-state index contributed by atoms with van der Waals surface area (Å²) in [6, 6.07) is 15.4. The quantitative estimate of drug-likeness (QED) is 0.848. The van der Waals surface area contributed by atoms with Crippen molar-refractivity contribution >= 4 is 17.6 Å². The van der Waals surface area contributed by atoms with Crippen molar-refractivity contribution in [3.8, 4) is 5.75 Å². The Kier molecular flexibility index (Phi) is 4.38. The molecule has 3 atom stereocenters. The fraction of sp³-hybridized carbons (Fsp3) is 0.364. The number of carbonyl (C=O) groups excluding carboxylic acids is 1. The molecule has 0 bridgehead atoms. The van der Waals surface area contributed by atoms with Crippen LogP contribution in [0.25, 0.3) is 0 Å². The third-order valence-electron chi connectivity index (χ3n) is 5.81. The first kappa shape index (κ1) is 17.6. The number of ether oxygens (including phenoxy) is 1. The molecule has 1 unspecified atom stereocenters. The number of para-hydroxylation sites is 1. The van der Waals surface area contributed by atoms with Gasteiger partial charge in [-0.2, -0.15) is 0 Å². The highest BCUT2D eigenvalue weighted by Crippen LogP contribution is 2.60. The van der Waals surface area contributed by atoms with Gasteiger partial charge in [0.15, 0.2) is 0 Å². The van der Waals surface area contributed by atoms with Gasteiger partial charge in [-0.15, -0.1) is 0 Å². The molecular weight excluding hydrogens is 342 g/mol. The molecule has 0 aromatic heterocycles. The van der Waals surface area contributed by atoms with Crippen LogP contribution in [0.3, 0.4) is 0 Å². The van der Waals surface area contributed by atoms with Crippen molar-refractivity contribution in [1.82, 2.24) is 0 Å². The number of fused-ring (bicyclic) bond motifs is 2. The van der Waals surface area contributed by atoms with Gasteiger partial charge in [0.1, 0.15) is 5.75 Å². The highest BCUT2D eigenvalue weighted by Gasteiger charge is 2.60. The number of hydrogen-bond donors (Lipinski definition) is 2. The molecule has 140 valence electrons. The number of hydrogen-bond acceptors (Lipinski definition) is 3. The van der Waals surface area contributed by atoms with E-state index < -0.39 is 11.9 Å². The Bertz CT molecular complexity index is 876. The summed E-state index contributed by atoms with van der Waals surface area (Å²) in [4.78, 5) is 23.7. The van der Waals surface area contributed by atoms with Crippen LogP contribution in [0.1, 0.15) is 30.9 Å². The van der Waals surface area contributed by atoms with Crippen molar-refractivity contribution in [2.75, 3.05) is 11.9 Å². The third kappa shape index (κ3) is 3.29. The Hall–Kier alpha value is -2.82. The molecule has 0 radical (unpaired) electrons. The summed E-state index contributed by atoms with van der Waals surface area (Å²) in [6.45, 7) is 2.34. The zero-order chi connectivity index (χ0) is 19.0. The average Bonchev–Trinajstić information content (AvgIpc) is 3.38. The topological polar surface area (TPSA) is 75.6 Å². The van der Waals surface area contributed by atoms with Gasteiger partial charge in [-0.05, 0) is 43.0 Å². The number of carbonyl (C=O) groups is 2. The van der Waals surface area contributed by atoms with Gasteiger partial charge >= 0.3 is 5.97 Å². The number of anilines is 1. The SMILES string of the molecule is CC(Cc1ccc(NC(=O)[C@@H]2C[C@]23CCOc2ccccc23)cc1)C(=O)O. The summed E-state index contributed by atoms with van der Waals surface area (Å²) in [7, 11) is 0. The van der Waals surface area contributed by atoms with Gasteiger partial charge in [0.05, 0.1) is 12.5 Å². The Morgan fingerprint density at radius 1 is 1.22 bits per heavy atom. The smallest absolute Gasteiger partial charge is 0.306 e. The Labute approximate surface area is 158 Å². The molecule has 1 aliphatic heterocycles. The molecule has 2 aliphatic rings. The molecule has 1 fully saturated rings. The van der Waals surface area contributed by atoms with E-state index in [9.17, 15) is 9.59 Å². The van der Waals surface area contributed by atoms with E-state index in [0.717, 1.165) is 35.4 Å². The number of aliphatic carboxylic acids is 1. The van der Waals surface area contributed by atoms with Crippen molar-refractivity contribution in [3.05, 3.63) is 59.7 Å². The zero-order valence-electron chi connectivity index (χ0n) is 15.3. The van der Waals surface area contributed by atoms with Crippen molar-refractivity contribution in [2.24, 2.45) is 11.8 Å². The lowest BCUT2D eigenvalue weighted by atomic mass is 9.87. The normalized spacial score (nSPS) is 23.8. The third-order valence-corrected chi connectivity index (χ3v) is 5.81. The van der Waals surface area contributed by atoms with Crippen LogP contribution in [-0.2, 0) is 21.4 Å². The maximum atomic E-state index is 12.8. The molecule has 1 amide bonds. The predicted molar refractivity (Wildman–Crippen MR) is 102 cm³/mol. The van der Waals surface area contributed by atoms with E-state index in [-0.39, 0.29) is 17.2 Å². The highest BCUT2D eigenvalue weighted by atomic mass is 16.5. The van der Waals surface area contributed by atoms with E-state index in [0.29, 0.717) is 13.0 Å². The molecule has 2 aromatic carbocycles. The minimum atomic E-state index is -0.803. The van der Waals surface area contributed by atoms with E-state index in [1.165, 1.54) is 0 Å². The van der Waals surface area contributed by atoms with Crippen LogP contribution in [0, 0.1) is 11.8 Å². The van der Waals surface area contributed by atoms with Gasteiger partial charge in [0.2, 0.25) is 5.91 Å². The number of amides is 1. The molecule has 1 saturated carbocycles. The Morgan fingerprint density at radius 3 is 2.70 bits per heavy atom. The van der Waals surface area contributed by atoms with Gasteiger partial charge in [0.25, 0.3) is 0 Å². The molecule has 1 aliphatic carbocycles. The lowest BCUT2D eigenvalue weighted by Crippen LogP contribution is -2.26. The van der Waals surface area contributed by atoms with Crippen molar-refractivity contribution in [2.45, 2.75) is 31.6 Å². The molecule has 2 aromatic rings. The first-order chi connectivity index (χ1) is 13.0. The minimum absolute atomic E-state index is 0.0331. The first-order valence-electron chi connectivity index (χ1n) is 9.34. The number of nitrogens with one attached hydrogen (secondary N) is 1. The van der Waals surface area contributed by atoms with Gasteiger partial charge < -0.3 is 15.2 Å².